The van der Waals surface area contributed by atoms with E-state index in [1.165, 1.54) is 25.0 Å². The Kier molecular flexibility index (Phi) is 5.01. The molecule has 0 unspecified atom stereocenters. The van der Waals surface area contributed by atoms with E-state index in [1.54, 1.807) is 12.1 Å². The molecule has 2 N–H and O–H groups in total. The van der Waals surface area contributed by atoms with Crippen molar-refractivity contribution in [3.63, 3.8) is 0 Å². The summed E-state index contributed by atoms with van der Waals surface area (Å²) in [5.41, 5.74) is 2.51. The third kappa shape index (κ3) is 3.92. The fourth-order valence-corrected chi connectivity index (χ4v) is 4.37. The van der Waals surface area contributed by atoms with E-state index < -0.39 is 5.54 Å². The second-order valence-corrected chi connectivity index (χ2v) is 7.62. The molecule has 4 nitrogen and oxygen atoms in total. The van der Waals surface area contributed by atoms with E-state index in [4.69, 9.17) is 0 Å². The van der Waals surface area contributed by atoms with Gasteiger partial charge in [-0.05, 0) is 61.6 Å². The number of anilines is 2. The van der Waals surface area contributed by atoms with Crippen molar-refractivity contribution in [3.05, 3.63) is 59.9 Å². The van der Waals surface area contributed by atoms with Gasteiger partial charge in [-0.25, -0.2) is 9.18 Å². The summed E-state index contributed by atoms with van der Waals surface area (Å²) in [7, 11) is 0. The minimum atomic E-state index is -0.412. The second kappa shape index (κ2) is 7.59. The molecule has 2 aromatic carbocycles. The highest BCUT2D eigenvalue weighted by Gasteiger charge is 2.37. The lowest BCUT2D eigenvalue weighted by Crippen LogP contribution is -2.45. The predicted molar refractivity (Wildman–Crippen MR) is 107 cm³/mol. The highest BCUT2D eigenvalue weighted by atomic mass is 19.1. The molecule has 27 heavy (non-hydrogen) atoms. The number of benzene rings is 2. The Morgan fingerprint density at radius 1 is 0.963 bits per heavy atom. The van der Waals surface area contributed by atoms with Gasteiger partial charge < -0.3 is 15.5 Å². The zero-order valence-corrected chi connectivity index (χ0v) is 15.5. The first-order valence-corrected chi connectivity index (χ1v) is 9.85. The SMILES string of the molecule is O=C(Nc1cccc(N2CCCC2)c1)NC1(c2ccc(F)cc2)CCCC1. The second-order valence-electron chi connectivity index (χ2n) is 7.62. The van der Waals surface area contributed by atoms with E-state index in [0.717, 1.165) is 55.7 Å². The Morgan fingerprint density at radius 3 is 2.37 bits per heavy atom. The van der Waals surface area contributed by atoms with E-state index in [9.17, 15) is 9.18 Å². The molecule has 142 valence electrons. The zero-order valence-electron chi connectivity index (χ0n) is 15.5. The van der Waals surface area contributed by atoms with Crippen LogP contribution >= 0.6 is 0 Å². The molecular formula is C22H26FN3O. The Balaban J connectivity index is 1.47. The summed E-state index contributed by atoms with van der Waals surface area (Å²) in [6.45, 7) is 2.15. The molecule has 1 aliphatic heterocycles. The number of nitrogens with zero attached hydrogens (tertiary/aromatic N) is 1. The molecule has 1 aliphatic carbocycles. The molecule has 1 heterocycles. The zero-order chi connectivity index (χ0) is 18.7. The van der Waals surface area contributed by atoms with Crippen molar-refractivity contribution in [1.82, 2.24) is 5.32 Å². The predicted octanol–water partition coefficient (Wildman–Crippen LogP) is 5.02. The summed E-state index contributed by atoms with van der Waals surface area (Å²) < 4.78 is 13.3. The standard InChI is InChI=1S/C22H26FN3O/c23-18-10-8-17(9-11-18)22(12-1-2-13-22)25-21(27)24-19-6-5-7-20(16-19)26-14-3-4-15-26/h5-11,16H,1-4,12-15H2,(H2,24,25,27). The van der Waals surface area contributed by atoms with Crippen molar-refractivity contribution in [3.8, 4) is 0 Å². The maximum Gasteiger partial charge on any atom is 0.319 e. The first-order chi connectivity index (χ1) is 13.1. The van der Waals surface area contributed by atoms with Crippen molar-refractivity contribution in [2.24, 2.45) is 0 Å². The largest absolute Gasteiger partial charge is 0.371 e. The normalized spacial score (nSPS) is 18.5. The fourth-order valence-electron chi connectivity index (χ4n) is 4.37. The van der Waals surface area contributed by atoms with Crippen LogP contribution in [0.1, 0.15) is 44.1 Å². The quantitative estimate of drug-likeness (QED) is 0.797. The Hall–Kier alpha value is -2.56. The van der Waals surface area contributed by atoms with Crippen LogP contribution in [0.4, 0.5) is 20.6 Å². The summed E-state index contributed by atoms with van der Waals surface area (Å²) in [4.78, 5) is 15.1. The van der Waals surface area contributed by atoms with Crippen LogP contribution in [0.5, 0.6) is 0 Å². The Morgan fingerprint density at radius 2 is 1.67 bits per heavy atom. The molecule has 2 aliphatic rings. The lowest BCUT2D eigenvalue weighted by atomic mass is 9.88. The molecule has 0 atom stereocenters. The lowest BCUT2D eigenvalue weighted by Gasteiger charge is -2.31. The molecule has 2 aromatic rings. The molecule has 1 saturated carbocycles. The average Bonchev–Trinajstić information content (AvgIpc) is 3.35. The maximum absolute atomic E-state index is 13.3. The van der Waals surface area contributed by atoms with Crippen molar-refractivity contribution in [2.45, 2.75) is 44.1 Å². The molecule has 2 fully saturated rings. The Labute approximate surface area is 159 Å². The van der Waals surface area contributed by atoms with Gasteiger partial charge in [-0.15, -0.1) is 0 Å². The third-order valence-electron chi connectivity index (χ3n) is 5.78. The molecule has 1 saturated heterocycles. The molecule has 5 heteroatoms. The molecular weight excluding hydrogens is 341 g/mol. The van der Waals surface area contributed by atoms with E-state index in [2.05, 4.69) is 21.6 Å². The van der Waals surface area contributed by atoms with E-state index >= 15 is 0 Å². The van der Waals surface area contributed by atoms with Gasteiger partial charge in [-0.2, -0.15) is 0 Å². The van der Waals surface area contributed by atoms with Gasteiger partial charge in [0.1, 0.15) is 5.82 Å². The number of carbonyl (C=O) groups excluding carboxylic acids is 1. The monoisotopic (exact) mass is 367 g/mol. The summed E-state index contributed by atoms with van der Waals surface area (Å²) in [5, 5.41) is 6.17. The van der Waals surface area contributed by atoms with E-state index in [1.807, 2.05) is 18.2 Å². The van der Waals surface area contributed by atoms with E-state index in [0.29, 0.717) is 0 Å². The van der Waals surface area contributed by atoms with Crippen LogP contribution in [-0.4, -0.2) is 19.1 Å². The molecule has 0 radical (unpaired) electrons. The summed E-state index contributed by atoms with van der Waals surface area (Å²) in [6.07, 6.45) is 6.31. The lowest BCUT2D eigenvalue weighted by molar-refractivity contribution is 0.236. The first-order valence-electron chi connectivity index (χ1n) is 9.85. The number of nitrogens with one attached hydrogen (secondary N) is 2. The number of hydrogen-bond donors (Lipinski definition) is 2. The fraction of sp³-hybridized carbons (Fsp3) is 0.409. The topological polar surface area (TPSA) is 44.4 Å². The van der Waals surface area contributed by atoms with Crippen LogP contribution in [0.3, 0.4) is 0 Å². The van der Waals surface area contributed by atoms with Gasteiger partial charge in [0.2, 0.25) is 0 Å². The van der Waals surface area contributed by atoms with Gasteiger partial charge in [-0.3, -0.25) is 0 Å². The van der Waals surface area contributed by atoms with Crippen LogP contribution < -0.4 is 15.5 Å². The average molecular weight is 367 g/mol. The number of amides is 2. The number of halogens is 1. The number of carbonyl (C=O) groups is 1. The Bertz CT molecular complexity index is 793. The van der Waals surface area contributed by atoms with Gasteiger partial charge in [0, 0.05) is 24.5 Å². The van der Waals surface area contributed by atoms with Crippen LogP contribution in [0.2, 0.25) is 0 Å². The minimum Gasteiger partial charge on any atom is -0.371 e. The number of urea groups is 1. The van der Waals surface area contributed by atoms with Crippen molar-refractivity contribution in [1.29, 1.82) is 0 Å². The van der Waals surface area contributed by atoms with Crippen LogP contribution in [0.25, 0.3) is 0 Å². The molecule has 0 aromatic heterocycles. The highest BCUT2D eigenvalue weighted by Crippen LogP contribution is 2.39. The van der Waals surface area contributed by atoms with Gasteiger partial charge >= 0.3 is 6.03 Å². The molecule has 0 bridgehead atoms. The van der Waals surface area contributed by atoms with Gasteiger partial charge in [0.05, 0.1) is 5.54 Å². The van der Waals surface area contributed by atoms with Crippen molar-refractivity contribution < 1.29 is 9.18 Å². The molecule has 4 rings (SSSR count). The van der Waals surface area contributed by atoms with Crippen molar-refractivity contribution in [2.75, 3.05) is 23.3 Å². The van der Waals surface area contributed by atoms with Gasteiger partial charge in [-0.1, -0.05) is 31.0 Å². The molecule has 0 spiro atoms. The number of hydrogen-bond acceptors (Lipinski definition) is 2. The smallest absolute Gasteiger partial charge is 0.319 e. The molecule has 2 amide bonds. The van der Waals surface area contributed by atoms with Gasteiger partial charge in [0.15, 0.2) is 0 Å². The van der Waals surface area contributed by atoms with Crippen molar-refractivity contribution >= 4 is 17.4 Å². The summed E-state index contributed by atoms with van der Waals surface area (Å²) >= 11 is 0. The minimum absolute atomic E-state index is 0.209. The van der Waals surface area contributed by atoms with Crippen LogP contribution in [0.15, 0.2) is 48.5 Å². The van der Waals surface area contributed by atoms with E-state index in [-0.39, 0.29) is 11.8 Å². The maximum atomic E-state index is 13.3. The number of rotatable bonds is 4. The highest BCUT2D eigenvalue weighted by molar-refractivity contribution is 5.90. The third-order valence-corrected chi connectivity index (χ3v) is 5.78. The first kappa shape index (κ1) is 17.8. The van der Waals surface area contributed by atoms with Crippen LogP contribution in [-0.2, 0) is 5.54 Å². The summed E-state index contributed by atoms with van der Waals surface area (Å²) in [6, 6.07) is 14.3. The summed E-state index contributed by atoms with van der Waals surface area (Å²) in [5.74, 6) is -0.255. The van der Waals surface area contributed by atoms with Gasteiger partial charge in [0.25, 0.3) is 0 Å². The van der Waals surface area contributed by atoms with Crippen LogP contribution in [0, 0.1) is 5.82 Å².